The molecule has 1 aliphatic rings. The van der Waals surface area contributed by atoms with Crippen molar-refractivity contribution in [1.82, 2.24) is 9.78 Å². The molecule has 0 aromatic carbocycles. The summed E-state index contributed by atoms with van der Waals surface area (Å²) >= 11 is 0. The first-order valence-electron chi connectivity index (χ1n) is 6.53. The van der Waals surface area contributed by atoms with E-state index in [0.717, 1.165) is 25.5 Å². The topological polar surface area (TPSA) is 81.3 Å². The molecule has 1 aromatic rings. The van der Waals surface area contributed by atoms with Gasteiger partial charge in [-0.25, -0.2) is 4.68 Å². The third kappa shape index (κ3) is 2.32. The van der Waals surface area contributed by atoms with Crippen molar-refractivity contribution in [3.05, 3.63) is 15.8 Å². The number of nitro groups is 1. The van der Waals surface area contributed by atoms with Gasteiger partial charge in [-0.15, -0.1) is 0 Å². The predicted octanol–water partition coefficient (Wildman–Crippen LogP) is 1.68. The molecule has 0 aliphatic carbocycles. The summed E-state index contributed by atoms with van der Waals surface area (Å²) in [5.74, 6) is 0.474. The molecule has 19 heavy (non-hydrogen) atoms. The first-order valence-corrected chi connectivity index (χ1v) is 6.53. The summed E-state index contributed by atoms with van der Waals surface area (Å²) in [4.78, 5) is 23.9. The molecule has 1 saturated heterocycles. The molecule has 0 spiro atoms. The Balaban J connectivity index is 2.52. The molecule has 0 radical (unpaired) electrons. The van der Waals surface area contributed by atoms with Gasteiger partial charge in [-0.2, -0.15) is 5.10 Å². The van der Waals surface area contributed by atoms with E-state index in [1.54, 1.807) is 11.6 Å². The maximum Gasteiger partial charge on any atom is 0.333 e. The van der Waals surface area contributed by atoms with E-state index in [9.17, 15) is 14.9 Å². The fourth-order valence-electron chi connectivity index (χ4n) is 2.64. The minimum atomic E-state index is -0.402. The number of aromatic nitrogens is 2. The third-order valence-corrected chi connectivity index (χ3v) is 3.53. The Hall–Kier alpha value is -1.92. The lowest BCUT2D eigenvalue weighted by molar-refractivity contribution is -0.384. The average molecular weight is 266 g/mol. The van der Waals surface area contributed by atoms with Gasteiger partial charge in [0.15, 0.2) is 0 Å². The van der Waals surface area contributed by atoms with E-state index in [0.29, 0.717) is 24.6 Å². The van der Waals surface area contributed by atoms with Crippen LogP contribution >= 0.6 is 0 Å². The lowest BCUT2D eigenvalue weighted by atomic mass is 10.0. The first kappa shape index (κ1) is 13.5. The highest BCUT2D eigenvalue weighted by Crippen LogP contribution is 2.34. The van der Waals surface area contributed by atoms with E-state index in [-0.39, 0.29) is 11.7 Å². The number of rotatable bonds is 4. The molecule has 0 saturated carbocycles. The van der Waals surface area contributed by atoms with Crippen LogP contribution in [-0.2, 0) is 11.3 Å². The van der Waals surface area contributed by atoms with Crippen LogP contribution in [0.2, 0.25) is 0 Å². The molecule has 1 aliphatic heterocycles. The Bertz CT molecular complexity index is 497. The van der Waals surface area contributed by atoms with Gasteiger partial charge in [-0.1, -0.05) is 0 Å². The minimum Gasteiger partial charge on any atom is -0.341 e. The van der Waals surface area contributed by atoms with Crippen molar-refractivity contribution in [3.8, 4) is 0 Å². The second-order valence-electron chi connectivity index (χ2n) is 4.72. The molecule has 7 heteroatoms. The largest absolute Gasteiger partial charge is 0.341 e. The van der Waals surface area contributed by atoms with Gasteiger partial charge in [0.25, 0.3) is 0 Å². The van der Waals surface area contributed by atoms with Gasteiger partial charge in [-0.05, 0) is 33.1 Å². The monoisotopic (exact) mass is 266 g/mol. The average Bonchev–Trinajstić information content (AvgIpc) is 2.75. The molecule has 1 aromatic heterocycles. The second kappa shape index (κ2) is 5.38. The standard InChI is InChI=1S/C12H18N4O3/c1-3-15-12(11(16(18)19)9(2)13-15)14-7-5-4-6-10(14)8-17/h8,10H,3-7H2,1-2H3. The molecule has 104 valence electrons. The van der Waals surface area contributed by atoms with Crippen LogP contribution in [0, 0.1) is 17.0 Å². The van der Waals surface area contributed by atoms with Crippen molar-refractivity contribution in [2.24, 2.45) is 0 Å². The van der Waals surface area contributed by atoms with E-state index in [1.165, 1.54) is 0 Å². The summed E-state index contributed by atoms with van der Waals surface area (Å²) in [5.41, 5.74) is 0.424. The van der Waals surface area contributed by atoms with Crippen molar-refractivity contribution in [2.75, 3.05) is 11.4 Å². The fourth-order valence-corrected chi connectivity index (χ4v) is 2.64. The van der Waals surface area contributed by atoms with Crippen LogP contribution in [0.5, 0.6) is 0 Å². The van der Waals surface area contributed by atoms with Crippen molar-refractivity contribution in [1.29, 1.82) is 0 Å². The van der Waals surface area contributed by atoms with E-state index in [2.05, 4.69) is 5.10 Å². The van der Waals surface area contributed by atoms with Crippen LogP contribution < -0.4 is 4.90 Å². The summed E-state index contributed by atoms with van der Waals surface area (Å²) in [5, 5.41) is 15.5. The van der Waals surface area contributed by atoms with Crippen molar-refractivity contribution < 1.29 is 9.72 Å². The first-order chi connectivity index (χ1) is 9.10. The SMILES string of the molecule is CCn1nc(C)c([N+](=O)[O-])c1N1CCCCC1C=O. The van der Waals surface area contributed by atoms with Crippen LogP contribution in [0.15, 0.2) is 0 Å². The van der Waals surface area contributed by atoms with Gasteiger partial charge in [-0.3, -0.25) is 10.1 Å². The molecule has 0 bridgehead atoms. The van der Waals surface area contributed by atoms with E-state index >= 15 is 0 Å². The molecule has 0 amide bonds. The predicted molar refractivity (Wildman–Crippen MR) is 70.3 cm³/mol. The number of aldehydes is 1. The number of aryl methyl sites for hydroxylation is 2. The Morgan fingerprint density at radius 3 is 2.84 bits per heavy atom. The molecule has 0 N–H and O–H groups in total. The number of hydrogen-bond acceptors (Lipinski definition) is 5. The normalized spacial score (nSPS) is 19.5. The van der Waals surface area contributed by atoms with Gasteiger partial charge in [0.1, 0.15) is 12.0 Å². The van der Waals surface area contributed by atoms with Crippen LogP contribution in [0.1, 0.15) is 31.9 Å². The van der Waals surface area contributed by atoms with Gasteiger partial charge < -0.3 is 9.69 Å². The maximum absolute atomic E-state index is 11.2. The smallest absolute Gasteiger partial charge is 0.333 e. The van der Waals surface area contributed by atoms with Crippen LogP contribution in [0.3, 0.4) is 0 Å². The summed E-state index contributed by atoms with van der Waals surface area (Å²) in [6, 6.07) is -0.283. The zero-order valence-corrected chi connectivity index (χ0v) is 11.2. The highest BCUT2D eigenvalue weighted by molar-refractivity contribution is 5.70. The minimum absolute atomic E-state index is 0.0237. The fraction of sp³-hybridized carbons (Fsp3) is 0.667. The number of nitrogens with zero attached hydrogens (tertiary/aromatic N) is 4. The van der Waals surface area contributed by atoms with Gasteiger partial charge in [0.05, 0.1) is 11.0 Å². The number of carbonyl (C=O) groups excluding carboxylic acids is 1. The maximum atomic E-state index is 11.2. The van der Waals surface area contributed by atoms with E-state index in [4.69, 9.17) is 0 Å². The number of anilines is 1. The van der Waals surface area contributed by atoms with E-state index in [1.807, 2.05) is 11.8 Å². The molecule has 1 unspecified atom stereocenters. The summed E-state index contributed by atoms with van der Waals surface area (Å²) in [7, 11) is 0. The van der Waals surface area contributed by atoms with Gasteiger partial charge in [0, 0.05) is 13.1 Å². The summed E-state index contributed by atoms with van der Waals surface area (Å²) in [6.07, 6.45) is 3.54. The lowest BCUT2D eigenvalue weighted by Crippen LogP contribution is -2.42. The zero-order chi connectivity index (χ0) is 14.0. The molecule has 1 atom stereocenters. The molecule has 2 rings (SSSR count). The Kier molecular flexibility index (Phi) is 3.82. The van der Waals surface area contributed by atoms with Crippen molar-refractivity contribution >= 4 is 17.8 Å². The molecule has 1 fully saturated rings. The summed E-state index contributed by atoms with van der Waals surface area (Å²) < 4.78 is 1.62. The number of piperidine rings is 1. The van der Waals surface area contributed by atoms with Gasteiger partial charge in [0.2, 0.25) is 5.82 Å². The Morgan fingerprint density at radius 1 is 1.53 bits per heavy atom. The van der Waals surface area contributed by atoms with Crippen molar-refractivity contribution in [2.45, 2.75) is 45.7 Å². The second-order valence-corrected chi connectivity index (χ2v) is 4.72. The highest BCUT2D eigenvalue weighted by atomic mass is 16.6. The molecular weight excluding hydrogens is 248 g/mol. The van der Waals surface area contributed by atoms with Crippen LogP contribution in [-0.4, -0.2) is 33.6 Å². The zero-order valence-electron chi connectivity index (χ0n) is 11.2. The Labute approximate surface area is 111 Å². The molecule has 7 nitrogen and oxygen atoms in total. The highest BCUT2D eigenvalue weighted by Gasteiger charge is 2.33. The van der Waals surface area contributed by atoms with Crippen LogP contribution in [0.25, 0.3) is 0 Å². The van der Waals surface area contributed by atoms with E-state index < -0.39 is 4.92 Å². The Morgan fingerprint density at radius 2 is 2.26 bits per heavy atom. The van der Waals surface area contributed by atoms with Crippen LogP contribution in [0.4, 0.5) is 11.5 Å². The molecular formula is C12H18N4O3. The number of carbonyl (C=O) groups is 1. The third-order valence-electron chi connectivity index (χ3n) is 3.53. The lowest BCUT2D eigenvalue weighted by Gasteiger charge is -2.33. The number of hydrogen-bond donors (Lipinski definition) is 0. The van der Waals surface area contributed by atoms with Crippen molar-refractivity contribution in [3.63, 3.8) is 0 Å². The quantitative estimate of drug-likeness (QED) is 0.470. The molecule has 2 heterocycles. The van der Waals surface area contributed by atoms with Gasteiger partial charge >= 0.3 is 5.69 Å². The summed E-state index contributed by atoms with van der Waals surface area (Å²) in [6.45, 7) is 4.73.